The maximum absolute atomic E-state index is 11.8. The summed E-state index contributed by atoms with van der Waals surface area (Å²) in [7, 11) is 0. The van der Waals surface area contributed by atoms with E-state index in [-0.39, 0.29) is 11.9 Å². The van der Waals surface area contributed by atoms with Crippen LogP contribution in [0.1, 0.15) is 17.7 Å². The first-order valence-corrected chi connectivity index (χ1v) is 6.34. The molecule has 0 saturated carbocycles. The van der Waals surface area contributed by atoms with Gasteiger partial charge in [-0.25, -0.2) is 5.32 Å². The number of furan rings is 1. The summed E-state index contributed by atoms with van der Waals surface area (Å²) in [6.45, 7) is 0. The highest BCUT2D eigenvalue weighted by atomic mass is 16.3. The molecule has 1 saturated heterocycles. The molecule has 95 valence electrons. The van der Waals surface area contributed by atoms with Crippen LogP contribution in [0.15, 0.2) is 58.7 Å². The van der Waals surface area contributed by atoms with Gasteiger partial charge in [-0.2, -0.15) is 0 Å². The van der Waals surface area contributed by atoms with Gasteiger partial charge in [-0.1, -0.05) is 30.3 Å². The molecule has 1 unspecified atom stereocenters. The van der Waals surface area contributed by atoms with Crippen molar-refractivity contribution in [3.05, 3.63) is 65.6 Å². The molecule has 3 nitrogen and oxygen atoms in total. The number of rotatable bonds is 3. The normalized spacial score (nSPS) is 20.7. The van der Waals surface area contributed by atoms with Gasteiger partial charge >= 0.3 is 0 Å². The summed E-state index contributed by atoms with van der Waals surface area (Å²) in [5, 5.41) is 4.20. The average Bonchev–Trinajstić information content (AvgIpc) is 3.02. The number of amides is 1. The number of carbonyl (C=O) groups is 1. The number of nitrogens with zero attached hydrogens (tertiary/aromatic N) is 1. The lowest BCUT2D eigenvalue weighted by Gasteiger charge is -2.06. The zero-order valence-electron chi connectivity index (χ0n) is 10.5. The molecule has 1 amide bonds. The first kappa shape index (κ1) is 11.8. The summed E-state index contributed by atoms with van der Waals surface area (Å²) in [6.07, 6.45) is 4.89. The van der Waals surface area contributed by atoms with E-state index in [2.05, 4.69) is 17.4 Å². The van der Waals surface area contributed by atoms with Crippen molar-refractivity contribution < 1.29 is 9.21 Å². The van der Waals surface area contributed by atoms with Gasteiger partial charge in [-0.15, -0.1) is 0 Å². The van der Waals surface area contributed by atoms with E-state index >= 15 is 0 Å². The molecule has 2 aromatic rings. The van der Waals surface area contributed by atoms with Gasteiger partial charge in [-0.3, -0.25) is 4.79 Å². The molecule has 0 N–H and O–H groups in total. The minimum absolute atomic E-state index is 0.0520. The van der Waals surface area contributed by atoms with Crippen molar-refractivity contribution in [2.24, 2.45) is 0 Å². The molecular weight excluding hydrogens is 238 g/mol. The van der Waals surface area contributed by atoms with E-state index in [0.29, 0.717) is 12.2 Å². The van der Waals surface area contributed by atoms with Gasteiger partial charge in [0.05, 0.1) is 12.3 Å². The van der Waals surface area contributed by atoms with Gasteiger partial charge in [0.1, 0.15) is 5.76 Å². The maximum Gasteiger partial charge on any atom is 0.268 e. The first-order valence-electron chi connectivity index (χ1n) is 6.34. The smallest absolute Gasteiger partial charge is 0.268 e. The third-order valence-electron chi connectivity index (χ3n) is 3.20. The summed E-state index contributed by atoms with van der Waals surface area (Å²) in [4.78, 5) is 11.8. The van der Waals surface area contributed by atoms with Gasteiger partial charge in [0.15, 0.2) is 0 Å². The van der Waals surface area contributed by atoms with E-state index in [1.54, 1.807) is 12.3 Å². The molecule has 1 aromatic carbocycles. The monoisotopic (exact) mass is 252 g/mol. The number of benzene rings is 1. The van der Waals surface area contributed by atoms with Crippen molar-refractivity contribution in [3.63, 3.8) is 0 Å². The summed E-state index contributed by atoms with van der Waals surface area (Å²) < 4.78 is 5.23. The summed E-state index contributed by atoms with van der Waals surface area (Å²) >= 11 is 0. The highest BCUT2D eigenvalue weighted by Gasteiger charge is 2.28. The van der Waals surface area contributed by atoms with Crippen molar-refractivity contribution in [2.75, 3.05) is 0 Å². The predicted octanol–water partition coefficient (Wildman–Crippen LogP) is 2.81. The van der Waals surface area contributed by atoms with Crippen LogP contribution in [-0.4, -0.2) is 11.9 Å². The van der Waals surface area contributed by atoms with Crippen LogP contribution in [0.25, 0.3) is 6.08 Å². The van der Waals surface area contributed by atoms with Crippen molar-refractivity contribution in [1.82, 2.24) is 5.32 Å². The molecule has 1 aromatic heterocycles. The quantitative estimate of drug-likeness (QED) is 0.788. The fourth-order valence-electron chi connectivity index (χ4n) is 2.31. The standard InChI is InChI=1S/C16H14NO2/c18-16-13(11-15-7-4-8-19-15)10-14(17-16)9-12-5-2-1-3-6-12/h1-8,11,14H,9-10H2/b13-11-. The molecule has 0 spiro atoms. The minimum Gasteiger partial charge on any atom is -0.465 e. The van der Waals surface area contributed by atoms with E-state index in [9.17, 15) is 4.79 Å². The largest absolute Gasteiger partial charge is 0.465 e. The fourth-order valence-corrected chi connectivity index (χ4v) is 2.31. The van der Waals surface area contributed by atoms with Crippen LogP contribution in [0, 0.1) is 0 Å². The second-order valence-electron chi connectivity index (χ2n) is 4.67. The van der Waals surface area contributed by atoms with Gasteiger partial charge < -0.3 is 4.42 Å². The van der Waals surface area contributed by atoms with Crippen LogP contribution in [0.4, 0.5) is 0 Å². The summed E-state index contributed by atoms with van der Waals surface area (Å²) in [6, 6.07) is 13.8. The molecule has 0 aliphatic carbocycles. The van der Waals surface area contributed by atoms with Gasteiger partial charge in [0.2, 0.25) is 0 Å². The number of carbonyl (C=O) groups excluding carboxylic acids is 1. The zero-order valence-corrected chi connectivity index (χ0v) is 10.5. The molecule has 0 bridgehead atoms. The minimum atomic E-state index is -0.114. The third kappa shape index (κ3) is 2.76. The molecule has 1 radical (unpaired) electrons. The van der Waals surface area contributed by atoms with Crippen LogP contribution in [0.3, 0.4) is 0 Å². The molecule has 3 rings (SSSR count). The molecule has 3 heteroatoms. The Labute approximate surface area is 111 Å². The Kier molecular flexibility index (Phi) is 3.19. The Morgan fingerprint density at radius 1 is 1.21 bits per heavy atom. The van der Waals surface area contributed by atoms with Gasteiger partial charge in [0.25, 0.3) is 5.91 Å². The third-order valence-corrected chi connectivity index (χ3v) is 3.20. The lowest BCUT2D eigenvalue weighted by Crippen LogP contribution is -2.19. The second kappa shape index (κ2) is 5.14. The van der Waals surface area contributed by atoms with E-state index in [1.165, 1.54) is 5.56 Å². The number of hydrogen-bond acceptors (Lipinski definition) is 2. The van der Waals surface area contributed by atoms with Crippen molar-refractivity contribution in [3.8, 4) is 0 Å². The van der Waals surface area contributed by atoms with E-state index in [1.807, 2.05) is 30.3 Å². The topological polar surface area (TPSA) is 44.3 Å². The molecule has 1 fully saturated rings. The lowest BCUT2D eigenvalue weighted by molar-refractivity contribution is -0.116. The number of hydrogen-bond donors (Lipinski definition) is 0. The fraction of sp³-hybridized carbons (Fsp3) is 0.188. The van der Waals surface area contributed by atoms with Crippen molar-refractivity contribution in [2.45, 2.75) is 18.9 Å². The lowest BCUT2D eigenvalue weighted by atomic mass is 10.0. The maximum atomic E-state index is 11.8. The Balaban J connectivity index is 1.70. The molecule has 1 aliphatic rings. The Hall–Kier alpha value is -2.29. The molecular formula is C16H14NO2. The van der Waals surface area contributed by atoms with Crippen LogP contribution >= 0.6 is 0 Å². The van der Waals surface area contributed by atoms with E-state index in [4.69, 9.17) is 4.42 Å². The molecule has 1 atom stereocenters. The first-order chi connectivity index (χ1) is 9.31. The van der Waals surface area contributed by atoms with Crippen molar-refractivity contribution >= 4 is 12.0 Å². The van der Waals surface area contributed by atoms with Crippen LogP contribution in [-0.2, 0) is 11.2 Å². The highest BCUT2D eigenvalue weighted by Crippen LogP contribution is 2.22. The van der Waals surface area contributed by atoms with Crippen molar-refractivity contribution in [1.29, 1.82) is 0 Å². The molecule has 1 aliphatic heterocycles. The summed E-state index contributed by atoms with van der Waals surface area (Å²) in [5.74, 6) is 0.594. The Morgan fingerprint density at radius 3 is 2.79 bits per heavy atom. The van der Waals surface area contributed by atoms with E-state index < -0.39 is 0 Å². The summed E-state index contributed by atoms with van der Waals surface area (Å²) in [5.41, 5.74) is 1.94. The van der Waals surface area contributed by atoms with Crippen LogP contribution in [0.5, 0.6) is 0 Å². The Bertz CT molecular complexity index is 584. The average molecular weight is 252 g/mol. The Morgan fingerprint density at radius 2 is 2.05 bits per heavy atom. The zero-order chi connectivity index (χ0) is 13.1. The van der Waals surface area contributed by atoms with Gasteiger partial charge in [0, 0.05) is 12.0 Å². The SMILES string of the molecule is O=C1[N]C(Cc2ccccc2)C/C1=C/c1ccco1. The van der Waals surface area contributed by atoms with Crippen LogP contribution in [0.2, 0.25) is 0 Å². The highest BCUT2D eigenvalue weighted by molar-refractivity contribution is 5.99. The molecule has 19 heavy (non-hydrogen) atoms. The predicted molar refractivity (Wildman–Crippen MR) is 72.4 cm³/mol. The van der Waals surface area contributed by atoms with Gasteiger partial charge in [-0.05, 0) is 30.2 Å². The van der Waals surface area contributed by atoms with E-state index in [0.717, 1.165) is 12.0 Å². The molecule has 2 heterocycles. The van der Waals surface area contributed by atoms with Crippen LogP contribution < -0.4 is 5.32 Å². The second-order valence-corrected chi connectivity index (χ2v) is 4.67.